The van der Waals surface area contributed by atoms with Crippen molar-refractivity contribution in [2.75, 3.05) is 11.1 Å². The van der Waals surface area contributed by atoms with E-state index in [2.05, 4.69) is 15.5 Å². The SMILES string of the molecule is CC(=O)Nc1cccc(-c2c(N=Nc3cc(S(=O)(=O)O)c4cccc(S(=O)(=O)O)c4c3)sc(N)c2C#N)c1. The number of carbonyl (C=O) groups excluding carboxylic acids is 1. The zero-order valence-corrected chi connectivity index (χ0v) is 21.7. The number of carbonyl (C=O) groups is 1. The maximum absolute atomic E-state index is 12.1. The van der Waals surface area contributed by atoms with Gasteiger partial charge in [-0.05, 0) is 35.9 Å². The molecule has 0 aliphatic rings. The lowest BCUT2D eigenvalue weighted by atomic mass is 10.0. The van der Waals surface area contributed by atoms with Gasteiger partial charge in [0.1, 0.15) is 25.9 Å². The minimum Gasteiger partial charge on any atom is -0.389 e. The molecule has 15 heteroatoms. The molecule has 12 nitrogen and oxygen atoms in total. The summed E-state index contributed by atoms with van der Waals surface area (Å²) in [6.07, 6.45) is 0. The summed E-state index contributed by atoms with van der Waals surface area (Å²) in [6, 6.07) is 14.3. The van der Waals surface area contributed by atoms with Gasteiger partial charge in [-0.3, -0.25) is 13.9 Å². The molecule has 4 rings (SSSR count). The van der Waals surface area contributed by atoms with Crippen LogP contribution in [0.15, 0.2) is 74.6 Å². The molecule has 1 heterocycles. The number of nitriles is 1. The van der Waals surface area contributed by atoms with Crippen molar-refractivity contribution in [2.45, 2.75) is 16.7 Å². The first-order valence-electron chi connectivity index (χ1n) is 10.4. The van der Waals surface area contributed by atoms with Crippen LogP contribution in [0.1, 0.15) is 12.5 Å². The molecule has 0 fully saturated rings. The highest BCUT2D eigenvalue weighted by molar-refractivity contribution is 7.86. The molecule has 0 atom stereocenters. The molecule has 0 saturated heterocycles. The van der Waals surface area contributed by atoms with Crippen LogP contribution in [0.2, 0.25) is 0 Å². The Bertz CT molecular complexity index is 1910. The predicted molar refractivity (Wildman–Crippen MR) is 141 cm³/mol. The Morgan fingerprint density at radius 2 is 1.66 bits per heavy atom. The first-order valence-corrected chi connectivity index (χ1v) is 14.1. The van der Waals surface area contributed by atoms with Crippen molar-refractivity contribution in [1.82, 2.24) is 0 Å². The zero-order chi connectivity index (χ0) is 27.8. The summed E-state index contributed by atoms with van der Waals surface area (Å²) in [5.41, 5.74) is 7.20. The van der Waals surface area contributed by atoms with Gasteiger partial charge >= 0.3 is 0 Å². The first-order chi connectivity index (χ1) is 17.8. The highest BCUT2D eigenvalue weighted by Crippen LogP contribution is 2.45. The molecule has 0 spiro atoms. The molecule has 0 radical (unpaired) electrons. The molecular formula is C23H17N5O7S3. The summed E-state index contributed by atoms with van der Waals surface area (Å²) in [6.45, 7) is 1.34. The molecule has 0 bridgehead atoms. The van der Waals surface area contributed by atoms with Crippen molar-refractivity contribution in [1.29, 1.82) is 5.26 Å². The van der Waals surface area contributed by atoms with E-state index in [1.165, 1.54) is 25.1 Å². The summed E-state index contributed by atoms with van der Waals surface area (Å²) in [4.78, 5) is 10.2. The number of thiophene rings is 1. The average molecular weight is 572 g/mol. The van der Waals surface area contributed by atoms with Crippen molar-refractivity contribution >= 4 is 69.6 Å². The third-order valence-corrected chi connectivity index (χ3v) is 7.92. The number of nitrogens with two attached hydrogens (primary N) is 1. The number of nitrogens with one attached hydrogen (secondary N) is 1. The Balaban J connectivity index is 1.92. The van der Waals surface area contributed by atoms with E-state index in [4.69, 9.17) is 5.73 Å². The van der Waals surface area contributed by atoms with E-state index in [1.54, 1.807) is 24.3 Å². The maximum Gasteiger partial charge on any atom is 0.295 e. The van der Waals surface area contributed by atoms with Crippen molar-refractivity contribution < 1.29 is 30.7 Å². The molecule has 38 heavy (non-hydrogen) atoms. The molecule has 194 valence electrons. The van der Waals surface area contributed by atoms with Gasteiger partial charge in [0.2, 0.25) is 5.91 Å². The number of benzene rings is 3. The zero-order valence-electron chi connectivity index (χ0n) is 19.3. The Hall–Kier alpha value is -4.20. The van der Waals surface area contributed by atoms with Gasteiger partial charge in [0.15, 0.2) is 0 Å². The Morgan fingerprint density at radius 3 is 2.29 bits per heavy atom. The number of hydrogen-bond acceptors (Lipinski definition) is 10. The van der Waals surface area contributed by atoms with E-state index in [-0.39, 0.29) is 37.9 Å². The van der Waals surface area contributed by atoms with Crippen LogP contribution in [0.3, 0.4) is 0 Å². The fourth-order valence-electron chi connectivity index (χ4n) is 3.75. The minimum atomic E-state index is -4.84. The van der Waals surface area contributed by atoms with Gasteiger partial charge in [-0.1, -0.05) is 35.6 Å². The second kappa shape index (κ2) is 9.93. The number of nitrogen functional groups attached to an aromatic ring is 1. The van der Waals surface area contributed by atoms with E-state index in [9.17, 15) is 36.0 Å². The second-order valence-corrected chi connectivity index (χ2v) is 11.7. The Kier molecular flexibility index (Phi) is 7.02. The standard InChI is InChI=1S/C23H17N5O7S3/c1-12(29)26-14-5-2-4-13(8-14)21-18(11-24)22(25)36-23(21)28-27-15-9-17-16(20(10-15)38(33,34)35)6-3-7-19(17)37(30,31)32/h2-10H,25H2,1H3,(H,26,29)(H,30,31,32)(H,33,34,35). The lowest BCUT2D eigenvalue weighted by Gasteiger charge is -2.09. The summed E-state index contributed by atoms with van der Waals surface area (Å²) in [5, 5.41) is 20.4. The topological polar surface area (TPSA) is 212 Å². The van der Waals surface area contributed by atoms with Crippen LogP contribution in [0.25, 0.3) is 21.9 Å². The highest BCUT2D eigenvalue weighted by atomic mass is 32.2. The number of amides is 1. The van der Waals surface area contributed by atoms with Crippen LogP contribution in [0.5, 0.6) is 0 Å². The fourth-order valence-corrected chi connectivity index (χ4v) is 6.03. The third-order valence-electron chi connectivity index (χ3n) is 5.22. The van der Waals surface area contributed by atoms with Gasteiger partial charge in [-0.25, -0.2) is 0 Å². The van der Waals surface area contributed by atoms with Crippen LogP contribution in [-0.4, -0.2) is 31.8 Å². The summed E-state index contributed by atoms with van der Waals surface area (Å²) in [5.74, 6) is -0.303. The van der Waals surface area contributed by atoms with Crippen molar-refractivity contribution in [3.8, 4) is 17.2 Å². The van der Waals surface area contributed by atoms with Gasteiger partial charge in [-0.2, -0.15) is 22.1 Å². The lowest BCUT2D eigenvalue weighted by Crippen LogP contribution is -2.05. The Labute approximate surface area is 220 Å². The predicted octanol–water partition coefficient (Wildman–Crippen LogP) is 4.89. The van der Waals surface area contributed by atoms with E-state index in [1.807, 2.05) is 6.07 Å². The molecule has 5 N–H and O–H groups in total. The summed E-state index contributed by atoms with van der Waals surface area (Å²) in [7, 11) is -9.61. The molecule has 1 aromatic heterocycles. The van der Waals surface area contributed by atoms with Crippen molar-refractivity contribution in [3.63, 3.8) is 0 Å². The number of hydrogen-bond donors (Lipinski definition) is 4. The van der Waals surface area contributed by atoms with Crippen molar-refractivity contribution in [2.24, 2.45) is 10.2 Å². The number of anilines is 2. The Morgan fingerprint density at radius 1 is 0.974 bits per heavy atom. The smallest absolute Gasteiger partial charge is 0.295 e. The number of nitrogens with zero attached hydrogens (tertiary/aromatic N) is 3. The first kappa shape index (κ1) is 26.9. The lowest BCUT2D eigenvalue weighted by molar-refractivity contribution is -0.114. The van der Waals surface area contributed by atoms with Gasteiger partial charge in [0.25, 0.3) is 20.2 Å². The van der Waals surface area contributed by atoms with Crippen LogP contribution in [0, 0.1) is 11.3 Å². The summed E-state index contributed by atoms with van der Waals surface area (Å²) >= 11 is 0.924. The largest absolute Gasteiger partial charge is 0.389 e. The molecule has 0 aliphatic heterocycles. The van der Waals surface area contributed by atoms with Crippen molar-refractivity contribution in [3.05, 3.63) is 60.2 Å². The quantitative estimate of drug-likeness (QED) is 0.183. The summed E-state index contributed by atoms with van der Waals surface area (Å²) < 4.78 is 67.3. The normalized spacial score (nSPS) is 12.1. The maximum atomic E-state index is 12.1. The van der Waals surface area contributed by atoms with E-state index >= 15 is 0 Å². The second-order valence-electron chi connectivity index (χ2n) is 7.84. The van der Waals surface area contributed by atoms with Crippen LogP contribution >= 0.6 is 11.3 Å². The van der Waals surface area contributed by atoms with Gasteiger partial charge in [0, 0.05) is 28.9 Å². The number of fused-ring (bicyclic) bond motifs is 1. The van der Waals surface area contributed by atoms with E-state index in [0.717, 1.165) is 23.5 Å². The molecule has 0 saturated carbocycles. The number of rotatable bonds is 6. The molecular weight excluding hydrogens is 554 g/mol. The highest BCUT2D eigenvalue weighted by Gasteiger charge is 2.22. The van der Waals surface area contributed by atoms with Crippen LogP contribution in [-0.2, 0) is 25.0 Å². The third kappa shape index (κ3) is 5.39. The monoisotopic (exact) mass is 571 g/mol. The van der Waals surface area contributed by atoms with Gasteiger partial charge < -0.3 is 11.1 Å². The van der Waals surface area contributed by atoms with E-state index < -0.39 is 30.0 Å². The van der Waals surface area contributed by atoms with Gasteiger partial charge in [-0.15, -0.1) is 10.2 Å². The van der Waals surface area contributed by atoms with Crippen LogP contribution < -0.4 is 11.1 Å². The average Bonchev–Trinajstić information content (AvgIpc) is 3.15. The minimum absolute atomic E-state index is 0.106. The molecule has 0 aliphatic carbocycles. The number of azo groups is 1. The van der Waals surface area contributed by atoms with Crippen LogP contribution in [0.4, 0.5) is 21.4 Å². The fraction of sp³-hybridized carbons (Fsp3) is 0.0435. The molecule has 4 aromatic rings. The van der Waals surface area contributed by atoms with Gasteiger partial charge in [0.05, 0.1) is 11.3 Å². The molecule has 0 unspecified atom stereocenters. The molecule has 1 amide bonds. The molecule has 3 aromatic carbocycles. The van der Waals surface area contributed by atoms with E-state index in [0.29, 0.717) is 16.8 Å².